The van der Waals surface area contributed by atoms with Crippen molar-refractivity contribution in [2.45, 2.75) is 213 Å². The SMILES string of the molecule is CCCCCCCCCCCCCCCC(=O)NCCC[N+](CC)(CCO)CCCNC(=O)CCCCCCCCCCCCCCC. The Balaban J connectivity index is 3.80. The van der Waals surface area contributed by atoms with Gasteiger partial charge >= 0.3 is 0 Å². The van der Waals surface area contributed by atoms with E-state index in [9.17, 15) is 14.7 Å². The summed E-state index contributed by atoms with van der Waals surface area (Å²) in [7, 11) is 0. The van der Waals surface area contributed by atoms with Crippen LogP contribution in [-0.2, 0) is 9.59 Å². The van der Waals surface area contributed by atoms with Crippen LogP contribution in [0.2, 0.25) is 0 Å². The van der Waals surface area contributed by atoms with Crippen molar-refractivity contribution >= 4 is 11.8 Å². The minimum Gasteiger partial charge on any atom is -0.391 e. The lowest BCUT2D eigenvalue weighted by Gasteiger charge is -2.37. The minimum absolute atomic E-state index is 0.171. The third-order valence-electron chi connectivity index (χ3n) is 10.5. The molecule has 0 saturated heterocycles. The summed E-state index contributed by atoms with van der Waals surface area (Å²) < 4.78 is 0.847. The van der Waals surface area contributed by atoms with Crippen molar-refractivity contribution in [3.05, 3.63) is 0 Å². The van der Waals surface area contributed by atoms with Crippen LogP contribution >= 0.6 is 0 Å². The Morgan fingerprint density at radius 3 is 0.979 bits per heavy atom. The predicted molar refractivity (Wildman–Crippen MR) is 208 cm³/mol. The maximum absolute atomic E-state index is 12.4. The molecule has 0 saturated carbocycles. The molecule has 2 amide bonds. The Labute approximate surface area is 300 Å². The highest BCUT2D eigenvalue weighted by Gasteiger charge is 2.24. The summed E-state index contributed by atoms with van der Waals surface area (Å²) >= 11 is 0. The number of rotatable bonds is 39. The molecule has 0 heterocycles. The van der Waals surface area contributed by atoms with Gasteiger partial charge in [-0.2, -0.15) is 0 Å². The predicted octanol–water partition coefficient (Wildman–Crippen LogP) is 10.8. The molecule has 0 aromatic carbocycles. The van der Waals surface area contributed by atoms with E-state index < -0.39 is 0 Å². The number of aliphatic hydroxyl groups excluding tert-OH is 1. The van der Waals surface area contributed by atoms with Crippen molar-refractivity contribution in [2.24, 2.45) is 0 Å². The van der Waals surface area contributed by atoms with Crippen molar-refractivity contribution in [1.29, 1.82) is 0 Å². The average molecular weight is 681 g/mol. The second kappa shape index (κ2) is 37.1. The van der Waals surface area contributed by atoms with Crippen molar-refractivity contribution in [1.82, 2.24) is 10.6 Å². The first-order valence-electron chi connectivity index (χ1n) is 21.5. The number of unbranched alkanes of at least 4 members (excludes halogenated alkanes) is 24. The van der Waals surface area contributed by atoms with Crippen LogP contribution in [0, 0.1) is 0 Å². The van der Waals surface area contributed by atoms with Gasteiger partial charge in [0.05, 0.1) is 26.2 Å². The fourth-order valence-electron chi connectivity index (χ4n) is 7.09. The number of hydrogen-bond acceptors (Lipinski definition) is 3. The molecule has 0 aliphatic rings. The fourth-order valence-corrected chi connectivity index (χ4v) is 7.09. The molecule has 0 aromatic heterocycles. The number of hydrogen-bond donors (Lipinski definition) is 3. The molecule has 48 heavy (non-hydrogen) atoms. The zero-order valence-corrected chi connectivity index (χ0v) is 32.9. The normalized spacial score (nSPS) is 11.7. The molecule has 0 bridgehead atoms. The minimum atomic E-state index is 0.171. The molecule has 0 fully saturated rings. The summed E-state index contributed by atoms with van der Waals surface area (Å²) in [6.07, 6.45) is 37.5. The van der Waals surface area contributed by atoms with E-state index >= 15 is 0 Å². The molecule has 6 nitrogen and oxygen atoms in total. The average Bonchev–Trinajstić information content (AvgIpc) is 3.09. The molecular formula is C42H86N3O3+. The van der Waals surface area contributed by atoms with Crippen molar-refractivity contribution < 1.29 is 19.2 Å². The quantitative estimate of drug-likeness (QED) is 0.0447. The Hall–Kier alpha value is -1.14. The van der Waals surface area contributed by atoms with Gasteiger partial charge in [0.15, 0.2) is 0 Å². The van der Waals surface area contributed by atoms with Gasteiger partial charge in [-0.05, 0) is 19.8 Å². The fraction of sp³-hybridized carbons (Fsp3) is 0.952. The molecule has 0 aromatic rings. The molecule has 0 radical (unpaired) electrons. The maximum Gasteiger partial charge on any atom is 0.219 e. The van der Waals surface area contributed by atoms with Crippen LogP contribution in [0.4, 0.5) is 0 Å². The zero-order valence-electron chi connectivity index (χ0n) is 32.9. The summed E-state index contributed by atoms with van der Waals surface area (Å²) in [6.45, 7) is 11.9. The van der Waals surface area contributed by atoms with Gasteiger partial charge in [-0.3, -0.25) is 9.59 Å². The first-order chi connectivity index (χ1) is 23.5. The molecule has 0 aliphatic heterocycles. The van der Waals surface area contributed by atoms with E-state index in [-0.39, 0.29) is 18.4 Å². The molecule has 0 rings (SSSR count). The van der Waals surface area contributed by atoms with Crippen LogP contribution in [0.15, 0.2) is 0 Å². The maximum atomic E-state index is 12.4. The number of nitrogens with zero attached hydrogens (tertiary/aromatic N) is 1. The van der Waals surface area contributed by atoms with Crippen LogP contribution in [0.3, 0.4) is 0 Å². The van der Waals surface area contributed by atoms with E-state index in [0.717, 1.165) is 69.2 Å². The number of carbonyl (C=O) groups is 2. The molecule has 286 valence electrons. The lowest BCUT2D eigenvalue weighted by Crippen LogP contribution is -2.52. The smallest absolute Gasteiger partial charge is 0.219 e. The second-order valence-electron chi connectivity index (χ2n) is 14.9. The number of amides is 2. The van der Waals surface area contributed by atoms with Gasteiger partial charge in [0.25, 0.3) is 0 Å². The summed E-state index contributed by atoms with van der Waals surface area (Å²) in [4.78, 5) is 24.7. The van der Waals surface area contributed by atoms with Crippen molar-refractivity contribution in [2.75, 3.05) is 45.9 Å². The zero-order chi connectivity index (χ0) is 35.2. The molecule has 6 heteroatoms. The van der Waals surface area contributed by atoms with Gasteiger partial charge in [0.2, 0.25) is 11.8 Å². The molecule has 0 spiro atoms. The van der Waals surface area contributed by atoms with Gasteiger partial charge in [0.1, 0.15) is 6.54 Å². The highest BCUT2D eigenvalue weighted by Crippen LogP contribution is 2.15. The van der Waals surface area contributed by atoms with E-state index in [1.807, 2.05) is 0 Å². The third-order valence-corrected chi connectivity index (χ3v) is 10.5. The summed E-state index contributed by atoms with van der Waals surface area (Å²) in [5.74, 6) is 0.363. The number of aliphatic hydroxyl groups is 1. The topological polar surface area (TPSA) is 78.4 Å². The Morgan fingerprint density at radius 2 is 0.708 bits per heavy atom. The van der Waals surface area contributed by atoms with Crippen LogP contribution in [0.1, 0.15) is 213 Å². The Morgan fingerprint density at radius 1 is 0.417 bits per heavy atom. The highest BCUT2D eigenvalue weighted by molar-refractivity contribution is 5.76. The van der Waals surface area contributed by atoms with Crippen molar-refractivity contribution in [3.8, 4) is 0 Å². The second-order valence-corrected chi connectivity index (χ2v) is 14.9. The monoisotopic (exact) mass is 681 g/mol. The van der Waals surface area contributed by atoms with Crippen LogP contribution in [0.5, 0.6) is 0 Å². The van der Waals surface area contributed by atoms with Gasteiger partial charge in [-0.15, -0.1) is 0 Å². The van der Waals surface area contributed by atoms with E-state index in [4.69, 9.17) is 0 Å². The lowest BCUT2D eigenvalue weighted by molar-refractivity contribution is -0.927. The van der Waals surface area contributed by atoms with E-state index in [2.05, 4.69) is 31.4 Å². The summed E-state index contributed by atoms with van der Waals surface area (Å²) in [6, 6.07) is 0. The van der Waals surface area contributed by atoms with Crippen molar-refractivity contribution in [3.63, 3.8) is 0 Å². The standard InChI is InChI=1S/C42H85N3O3/c1-4-7-9-11-13-15-17-19-21-23-25-27-29-33-41(47)43-35-31-37-45(6-3,39-40-46)38-32-36-44-42(48)34-30-28-26-24-22-20-18-16-14-12-10-8-5-2/h46H,4-40H2,1-3H3,(H-,43,44,47,48)/p+1. The summed E-state index contributed by atoms with van der Waals surface area (Å²) in [5, 5.41) is 16.0. The van der Waals surface area contributed by atoms with Gasteiger partial charge in [-0.1, -0.05) is 168 Å². The van der Waals surface area contributed by atoms with Crippen LogP contribution in [0.25, 0.3) is 0 Å². The lowest BCUT2D eigenvalue weighted by atomic mass is 10.0. The van der Waals surface area contributed by atoms with Crippen LogP contribution < -0.4 is 10.6 Å². The van der Waals surface area contributed by atoms with Crippen LogP contribution in [-0.4, -0.2) is 67.3 Å². The van der Waals surface area contributed by atoms with Gasteiger partial charge < -0.3 is 20.2 Å². The molecule has 3 N–H and O–H groups in total. The summed E-state index contributed by atoms with van der Waals surface area (Å²) in [5.41, 5.74) is 0. The largest absolute Gasteiger partial charge is 0.391 e. The third kappa shape index (κ3) is 32.1. The van der Waals surface area contributed by atoms with E-state index in [0.29, 0.717) is 25.9 Å². The number of quaternary nitrogens is 1. The number of carbonyl (C=O) groups excluding carboxylic acids is 2. The molecule has 0 unspecified atom stereocenters. The Bertz CT molecular complexity index is 637. The van der Waals surface area contributed by atoms with E-state index in [1.54, 1.807) is 0 Å². The highest BCUT2D eigenvalue weighted by atomic mass is 16.3. The molecule has 0 aliphatic carbocycles. The first-order valence-corrected chi connectivity index (χ1v) is 21.5. The van der Waals surface area contributed by atoms with Gasteiger partial charge in [0, 0.05) is 38.8 Å². The van der Waals surface area contributed by atoms with Gasteiger partial charge in [-0.25, -0.2) is 0 Å². The number of likely N-dealkylation sites (N-methyl/N-ethyl adjacent to an activating group) is 1. The first kappa shape index (κ1) is 46.9. The Kier molecular flexibility index (Phi) is 36.2. The molecular weight excluding hydrogens is 594 g/mol. The van der Waals surface area contributed by atoms with E-state index in [1.165, 1.54) is 141 Å². The molecule has 0 atom stereocenters. The number of nitrogens with one attached hydrogen (secondary N) is 2.